The minimum absolute atomic E-state index is 0.0382. The van der Waals surface area contributed by atoms with Crippen molar-refractivity contribution in [1.82, 2.24) is 10.2 Å². The molecule has 4 nitrogen and oxygen atoms in total. The van der Waals surface area contributed by atoms with E-state index in [4.69, 9.17) is 0 Å². The molecule has 5 heteroatoms. The average Bonchev–Trinajstić information content (AvgIpc) is 2.61. The van der Waals surface area contributed by atoms with Crippen LogP contribution in [0.4, 0.5) is 0 Å². The summed E-state index contributed by atoms with van der Waals surface area (Å²) in [4.78, 5) is 14.5. The maximum atomic E-state index is 12.6. The summed E-state index contributed by atoms with van der Waals surface area (Å²) in [6.07, 6.45) is 5.84. The predicted octanol–water partition coefficient (Wildman–Crippen LogP) is 2.12. The molecule has 1 rings (SSSR count). The van der Waals surface area contributed by atoms with Gasteiger partial charge < -0.3 is 4.90 Å². The molecule has 20 heavy (non-hydrogen) atoms. The van der Waals surface area contributed by atoms with Gasteiger partial charge in [-0.1, -0.05) is 33.6 Å². The molecule has 0 radical (unpaired) electrons. The second-order valence-corrected chi connectivity index (χ2v) is 7.82. The number of carbonyl (C=O) groups is 1. The third-order valence-corrected chi connectivity index (χ3v) is 4.73. The molecule has 4 atom stereocenters. The SMILES string of the molecule is CCCCC1NC(CC(C)C)N(C(C)CS(C)=O)C1=O. The van der Waals surface area contributed by atoms with Crippen LogP contribution in [-0.2, 0) is 15.6 Å². The molecule has 1 heterocycles. The maximum Gasteiger partial charge on any atom is 0.241 e. The first kappa shape index (κ1) is 17.6. The summed E-state index contributed by atoms with van der Waals surface area (Å²) in [5, 5.41) is 3.49. The molecule has 4 unspecified atom stereocenters. The van der Waals surface area contributed by atoms with Crippen LogP contribution in [0.1, 0.15) is 53.4 Å². The fraction of sp³-hybridized carbons (Fsp3) is 0.933. The third-order valence-electron chi connectivity index (χ3n) is 3.77. The van der Waals surface area contributed by atoms with E-state index in [2.05, 4.69) is 26.1 Å². The number of rotatable bonds is 8. The summed E-state index contributed by atoms with van der Waals surface area (Å²) in [6.45, 7) is 8.50. The minimum atomic E-state index is -0.872. The van der Waals surface area contributed by atoms with Gasteiger partial charge in [0.15, 0.2) is 0 Å². The van der Waals surface area contributed by atoms with Crippen molar-refractivity contribution in [3.8, 4) is 0 Å². The standard InChI is InChI=1S/C15H30N2O2S/c1-6-7-8-13-15(18)17(12(4)10-20(5)19)14(16-13)9-11(2)3/h11-14,16H,6-10H2,1-5H3. The first-order valence-electron chi connectivity index (χ1n) is 7.75. The van der Waals surface area contributed by atoms with Crippen molar-refractivity contribution in [2.24, 2.45) is 5.92 Å². The van der Waals surface area contributed by atoms with Crippen LogP contribution < -0.4 is 5.32 Å². The molecule has 118 valence electrons. The van der Waals surface area contributed by atoms with E-state index in [-0.39, 0.29) is 24.2 Å². The van der Waals surface area contributed by atoms with Crippen molar-refractivity contribution in [3.05, 3.63) is 0 Å². The van der Waals surface area contributed by atoms with Gasteiger partial charge in [-0.25, -0.2) is 0 Å². The summed E-state index contributed by atoms with van der Waals surface area (Å²) in [6, 6.07) is -0.0114. The highest BCUT2D eigenvalue weighted by Gasteiger charge is 2.40. The van der Waals surface area contributed by atoms with Gasteiger partial charge in [0.25, 0.3) is 0 Å². The lowest BCUT2D eigenvalue weighted by atomic mass is 10.1. The van der Waals surface area contributed by atoms with E-state index in [1.807, 2.05) is 11.8 Å². The molecule has 1 amide bonds. The Labute approximate surface area is 126 Å². The topological polar surface area (TPSA) is 49.4 Å². The number of hydrogen-bond donors (Lipinski definition) is 1. The Bertz CT molecular complexity index is 347. The van der Waals surface area contributed by atoms with Gasteiger partial charge in [0.2, 0.25) is 5.91 Å². The van der Waals surface area contributed by atoms with Gasteiger partial charge in [-0.2, -0.15) is 0 Å². The van der Waals surface area contributed by atoms with Crippen molar-refractivity contribution in [3.63, 3.8) is 0 Å². The van der Waals surface area contributed by atoms with Gasteiger partial charge in [0.05, 0.1) is 12.2 Å². The van der Waals surface area contributed by atoms with E-state index in [1.54, 1.807) is 6.26 Å². The molecular weight excluding hydrogens is 272 g/mol. The molecule has 0 aromatic heterocycles. The van der Waals surface area contributed by atoms with Gasteiger partial charge in [-0.05, 0) is 25.7 Å². The van der Waals surface area contributed by atoms with Crippen molar-refractivity contribution < 1.29 is 9.00 Å². The fourth-order valence-corrected chi connectivity index (χ4v) is 3.74. The lowest BCUT2D eigenvalue weighted by Crippen LogP contribution is -2.46. The molecular formula is C15H30N2O2S. The molecule has 0 spiro atoms. The van der Waals surface area contributed by atoms with E-state index in [0.717, 1.165) is 25.7 Å². The zero-order chi connectivity index (χ0) is 15.3. The average molecular weight is 302 g/mol. The monoisotopic (exact) mass is 302 g/mol. The number of unbranched alkanes of at least 4 members (excludes halogenated alkanes) is 1. The largest absolute Gasteiger partial charge is 0.322 e. The number of hydrogen-bond acceptors (Lipinski definition) is 3. The van der Waals surface area contributed by atoms with Gasteiger partial charge in [-0.15, -0.1) is 0 Å². The van der Waals surface area contributed by atoms with Crippen LogP contribution in [0.2, 0.25) is 0 Å². The van der Waals surface area contributed by atoms with Crippen molar-refractivity contribution in [2.75, 3.05) is 12.0 Å². The highest BCUT2D eigenvalue weighted by Crippen LogP contribution is 2.23. The number of nitrogens with zero attached hydrogens (tertiary/aromatic N) is 1. The van der Waals surface area contributed by atoms with E-state index < -0.39 is 10.8 Å². The summed E-state index contributed by atoms with van der Waals surface area (Å²) < 4.78 is 11.5. The van der Waals surface area contributed by atoms with E-state index in [0.29, 0.717) is 11.7 Å². The summed E-state index contributed by atoms with van der Waals surface area (Å²) >= 11 is 0. The summed E-state index contributed by atoms with van der Waals surface area (Å²) in [5.41, 5.74) is 0. The van der Waals surface area contributed by atoms with Crippen LogP contribution in [0, 0.1) is 5.92 Å². The fourth-order valence-electron chi connectivity index (χ4n) is 2.90. The first-order chi connectivity index (χ1) is 9.36. The molecule has 0 saturated carbocycles. The van der Waals surface area contributed by atoms with Crippen LogP contribution >= 0.6 is 0 Å². The van der Waals surface area contributed by atoms with Crippen molar-refractivity contribution in [2.45, 2.75) is 71.6 Å². The van der Waals surface area contributed by atoms with Crippen LogP contribution in [0.3, 0.4) is 0 Å². The molecule has 0 aliphatic carbocycles. The lowest BCUT2D eigenvalue weighted by Gasteiger charge is -2.31. The molecule has 0 aromatic carbocycles. The van der Waals surface area contributed by atoms with E-state index >= 15 is 0 Å². The van der Waals surface area contributed by atoms with Gasteiger partial charge in [0.1, 0.15) is 0 Å². The van der Waals surface area contributed by atoms with Crippen LogP contribution in [0.15, 0.2) is 0 Å². The number of nitrogens with one attached hydrogen (secondary N) is 1. The van der Waals surface area contributed by atoms with Crippen LogP contribution in [-0.4, -0.2) is 45.3 Å². The van der Waals surface area contributed by atoms with E-state index in [1.165, 1.54) is 0 Å². The van der Waals surface area contributed by atoms with Crippen molar-refractivity contribution >= 4 is 16.7 Å². The normalized spacial score (nSPS) is 26.3. The predicted molar refractivity (Wildman–Crippen MR) is 84.9 cm³/mol. The van der Waals surface area contributed by atoms with Crippen LogP contribution in [0.5, 0.6) is 0 Å². The Morgan fingerprint density at radius 2 is 2.00 bits per heavy atom. The second kappa shape index (κ2) is 8.13. The Morgan fingerprint density at radius 1 is 1.35 bits per heavy atom. The Hall–Kier alpha value is -0.420. The highest BCUT2D eigenvalue weighted by molar-refractivity contribution is 7.84. The number of carbonyl (C=O) groups excluding carboxylic acids is 1. The molecule has 1 saturated heterocycles. The lowest BCUT2D eigenvalue weighted by molar-refractivity contribution is -0.131. The molecule has 0 aromatic rings. The smallest absolute Gasteiger partial charge is 0.241 e. The quantitative estimate of drug-likeness (QED) is 0.747. The van der Waals surface area contributed by atoms with E-state index in [9.17, 15) is 9.00 Å². The zero-order valence-corrected chi connectivity index (χ0v) is 14.3. The molecule has 0 bridgehead atoms. The summed E-state index contributed by atoms with van der Waals surface area (Å²) in [5.74, 6) is 1.29. The van der Waals surface area contributed by atoms with Crippen LogP contribution in [0.25, 0.3) is 0 Å². The van der Waals surface area contributed by atoms with Gasteiger partial charge in [0, 0.05) is 28.9 Å². The van der Waals surface area contributed by atoms with Crippen molar-refractivity contribution in [1.29, 1.82) is 0 Å². The first-order valence-corrected chi connectivity index (χ1v) is 9.47. The van der Waals surface area contributed by atoms with Gasteiger partial charge >= 0.3 is 0 Å². The molecule has 1 fully saturated rings. The molecule has 1 aliphatic rings. The Morgan fingerprint density at radius 3 is 2.50 bits per heavy atom. The zero-order valence-electron chi connectivity index (χ0n) is 13.5. The maximum absolute atomic E-state index is 12.6. The minimum Gasteiger partial charge on any atom is -0.322 e. The third kappa shape index (κ3) is 4.85. The Kier molecular flexibility index (Phi) is 7.17. The Balaban J connectivity index is 2.78. The highest BCUT2D eigenvalue weighted by atomic mass is 32.2. The molecule has 1 aliphatic heterocycles. The summed E-state index contributed by atoms with van der Waals surface area (Å²) in [7, 11) is -0.872. The second-order valence-electron chi connectivity index (χ2n) is 6.34. The number of amides is 1. The molecule has 1 N–H and O–H groups in total. The van der Waals surface area contributed by atoms with Gasteiger partial charge in [-0.3, -0.25) is 14.3 Å².